The molecule has 3 rings (SSSR count). The molecule has 0 bridgehead atoms. The van der Waals surface area contributed by atoms with Gasteiger partial charge in [-0.3, -0.25) is 9.59 Å². The second-order valence-electron chi connectivity index (χ2n) is 5.79. The number of hydrogen-bond acceptors (Lipinski definition) is 3. The molecule has 2 aliphatic rings. The first kappa shape index (κ1) is 15.5. The molecule has 6 heteroatoms. The van der Waals surface area contributed by atoms with Crippen LogP contribution in [0, 0.1) is 5.92 Å². The van der Waals surface area contributed by atoms with Crippen LogP contribution in [0.4, 0.5) is 5.69 Å². The van der Waals surface area contributed by atoms with Gasteiger partial charge in [0.05, 0.1) is 11.6 Å². The van der Waals surface area contributed by atoms with E-state index in [-0.39, 0.29) is 17.7 Å². The molecular formula is C16H20BrN3O2. The van der Waals surface area contributed by atoms with Crippen molar-refractivity contribution in [2.75, 3.05) is 37.6 Å². The van der Waals surface area contributed by atoms with Gasteiger partial charge in [0, 0.05) is 37.1 Å². The van der Waals surface area contributed by atoms with Gasteiger partial charge in [-0.15, -0.1) is 0 Å². The molecule has 0 saturated carbocycles. The van der Waals surface area contributed by atoms with E-state index < -0.39 is 0 Å². The zero-order chi connectivity index (χ0) is 15.5. The van der Waals surface area contributed by atoms with E-state index in [1.165, 1.54) is 0 Å². The van der Waals surface area contributed by atoms with Crippen molar-refractivity contribution in [3.05, 3.63) is 28.7 Å². The molecule has 1 unspecified atom stereocenters. The van der Waals surface area contributed by atoms with Crippen LogP contribution in [0.3, 0.4) is 0 Å². The molecule has 1 N–H and O–H groups in total. The molecule has 5 nitrogen and oxygen atoms in total. The van der Waals surface area contributed by atoms with Gasteiger partial charge in [0.2, 0.25) is 11.8 Å². The molecule has 1 aromatic carbocycles. The Hall–Kier alpha value is -1.40. The smallest absolute Gasteiger partial charge is 0.228 e. The van der Waals surface area contributed by atoms with E-state index >= 15 is 0 Å². The molecule has 0 aliphatic carbocycles. The minimum atomic E-state index is -0.224. The predicted molar refractivity (Wildman–Crippen MR) is 88.7 cm³/mol. The summed E-state index contributed by atoms with van der Waals surface area (Å²) in [6.45, 7) is 3.78. The maximum absolute atomic E-state index is 12.7. The third kappa shape index (κ3) is 3.17. The SMILES string of the molecule is O=C(C1CC(=O)N(c2ccccc2Br)C1)N1CCCNCC1. The first-order chi connectivity index (χ1) is 10.7. The summed E-state index contributed by atoms with van der Waals surface area (Å²) in [4.78, 5) is 28.6. The molecule has 2 heterocycles. The van der Waals surface area contributed by atoms with E-state index in [0.717, 1.165) is 42.8 Å². The van der Waals surface area contributed by atoms with Crippen LogP contribution < -0.4 is 10.2 Å². The van der Waals surface area contributed by atoms with Gasteiger partial charge in [-0.2, -0.15) is 0 Å². The second kappa shape index (κ2) is 6.79. The summed E-state index contributed by atoms with van der Waals surface area (Å²) in [5.41, 5.74) is 0.848. The lowest BCUT2D eigenvalue weighted by atomic mass is 10.1. The highest BCUT2D eigenvalue weighted by Crippen LogP contribution is 2.31. The van der Waals surface area contributed by atoms with Crippen molar-refractivity contribution in [1.29, 1.82) is 0 Å². The van der Waals surface area contributed by atoms with Crippen molar-refractivity contribution < 1.29 is 9.59 Å². The number of halogens is 1. The molecule has 2 fully saturated rings. The molecular weight excluding hydrogens is 346 g/mol. The average molecular weight is 366 g/mol. The Morgan fingerprint density at radius 3 is 2.86 bits per heavy atom. The highest BCUT2D eigenvalue weighted by Gasteiger charge is 2.37. The number of amides is 2. The first-order valence-electron chi connectivity index (χ1n) is 7.71. The Morgan fingerprint density at radius 1 is 1.23 bits per heavy atom. The lowest BCUT2D eigenvalue weighted by molar-refractivity contribution is -0.135. The Balaban J connectivity index is 1.71. The monoisotopic (exact) mass is 365 g/mol. The van der Waals surface area contributed by atoms with Crippen molar-refractivity contribution >= 4 is 33.4 Å². The molecule has 0 spiro atoms. The molecule has 0 radical (unpaired) electrons. The first-order valence-corrected chi connectivity index (χ1v) is 8.50. The fraction of sp³-hybridized carbons (Fsp3) is 0.500. The number of anilines is 1. The quantitative estimate of drug-likeness (QED) is 0.866. The molecule has 1 atom stereocenters. The maximum atomic E-state index is 12.7. The van der Waals surface area contributed by atoms with Gasteiger partial charge in [-0.25, -0.2) is 0 Å². The van der Waals surface area contributed by atoms with Crippen LogP contribution in [-0.2, 0) is 9.59 Å². The van der Waals surface area contributed by atoms with E-state index in [0.29, 0.717) is 13.0 Å². The van der Waals surface area contributed by atoms with Crippen LogP contribution in [0.5, 0.6) is 0 Å². The van der Waals surface area contributed by atoms with Gasteiger partial charge >= 0.3 is 0 Å². The average Bonchev–Trinajstić information content (AvgIpc) is 2.74. The van der Waals surface area contributed by atoms with Gasteiger partial charge in [0.15, 0.2) is 0 Å². The lowest BCUT2D eigenvalue weighted by Crippen LogP contribution is -2.39. The van der Waals surface area contributed by atoms with Crippen LogP contribution in [0.2, 0.25) is 0 Å². The summed E-state index contributed by atoms with van der Waals surface area (Å²) >= 11 is 3.48. The standard InChI is InChI=1S/C16H20BrN3O2/c17-13-4-1-2-5-14(13)20-11-12(10-15(20)21)16(22)19-8-3-6-18-7-9-19/h1-2,4-5,12,18H,3,6-11H2. The normalized spacial score (nSPS) is 22.8. The van der Waals surface area contributed by atoms with E-state index in [2.05, 4.69) is 21.2 Å². The van der Waals surface area contributed by atoms with Gasteiger partial charge < -0.3 is 15.1 Å². The highest BCUT2D eigenvalue weighted by molar-refractivity contribution is 9.10. The minimum Gasteiger partial charge on any atom is -0.341 e. The molecule has 22 heavy (non-hydrogen) atoms. The molecule has 0 aromatic heterocycles. The van der Waals surface area contributed by atoms with Crippen molar-refractivity contribution in [2.45, 2.75) is 12.8 Å². The summed E-state index contributed by atoms with van der Waals surface area (Å²) in [6, 6.07) is 7.65. The van der Waals surface area contributed by atoms with Crippen LogP contribution in [0.15, 0.2) is 28.7 Å². The van der Waals surface area contributed by atoms with Crippen LogP contribution in [-0.4, -0.2) is 49.4 Å². The zero-order valence-electron chi connectivity index (χ0n) is 12.4. The summed E-state index contributed by atoms with van der Waals surface area (Å²) in [6.07, 6.45) is 1.28. The summed E-state index contributed by atoms with van der Waals surface area (Å²) < 4.78 is 0.885. The Morgan fingerprint density at radius 2 is 2.05 bits per heavy atom. The van der Waals surface area contributed by atoms with E-state index in [1.54, 1.807) is 4.90 Å². The summed E-state index contributed by atoms with van der Waals surface area (Å²) in [5, 5.41) is 3.30. The molecule has 2 aliphatic heterocycles. The van der Waals surface area contributed by atoms with Crippen molar-refractivity contribution in [3.8, 4) is 0 Å². The number of hydrogen-bond donors (Lipinski definition) is 1. The van der Waals surface area contributed by atoms with Crippen LogP contribution in [0.1, 0.15) is 12.8 Å². The van der Waals surface area contributed by atoms with Crippen molar-refractivity contribution in [2.24, 2.45) is 5.92 Å². The van der Waals surface area contributed by atoms with Crippen LogP contribution >= 0.6 is 15.9 Å². The van der Waals surface area contributed by atoms with Crippen molar-refractivity contribution in [3.63, 3.8) is 0 Å². The van der Waals surface area contributed by atoms with E-state index in [1.807, 2.05) is 29.2 Å². The lowest BCUT2D eigenvalue weighted by Gasteiger charge is -2.24. The largest absolute Gasteiger partial charge is 0.341 e. The maximum Gasteiger partial charge on any atom is 0.228 e. The third-order valence-electron chi connectivity index (χ3n) is 4.27. The Kier molecular flexibility index (Phi) is 4.78. The minimum absolute atomic E-state index is 0.0261. The number of carbonyl (C=O) groups excluding carboxylic acids is 2. The van der Waals surface area contributed by atoms with E-state index in [9.17, 15) is 9.59 Å². The molecule has 1 aromatic rings. The number of rotatable bonds is 2. The van der Waals surface area contributed by atoms with E-state index in [4.69, 9.17) is 0 Å². The number of para-hydroxylation sites is 1. The molecule has 2 amide bonds. The summed E-state index contributed by atoms with van der Waals surface area (Å²) in [7, 11) is 0. The topological polar surface area (TPSA) is 52.7 Å². The zero-order valence-corrected chi connectivity index (χ0v) is 14.0. The third-order valence-corrected chi connectivity index (χ3v) is 4.94. The van der Waals surface area contributed by atoms with Gasteiger partial charge in [0.25, 0.3) is 0 Å². The highest BCUT2D eigenvalue weighted by atomic mass is 79.9. The fourth-order valence-electron chi connectivity index (χ4n) is 3.10. The number of nitrogens with zero attached hydrogens (tertiary/aromatic N) is 2. The number of nitrogens with one attached hydrogen (secondary N) is 1. The van der Waals surface area contributed by atoms with Crippen molar-refractivity contribution in [1.82, 2.24) is 10.2 Å². The van der Waals surface area contributed by atoms with Gasteiger partial charge in [-0.1, -0.05) is 12.1 Å². The molecule has 2 saturated heterocycles. The van der Waals surface area contributed by atoms with Gasteiger partial charge in [-0.05, 0) is 41.0 Å². The van der Waals surface area contributed by atoms with Crippen LogP contribution in [0.25, 0.3) is 0 Å². The molecule has 118 valence electrons. The number of benzene rings is 1. The number of carbonyl (C=O) groups is 2. The van der Waals surface area contributed by atoms with Gasteiger partial charge in [0.1, 0.15) is 0 Å². The Labute approximate surface area is 138 Å². The Bertz CT molecular complexity index is 570. The fourth-order valence-corrected chi connectivity index (χ4v) is 3.60. The second-order valence-corrected chi connectivity index (χ2v) is 6.64. The summed E-state index contributed by atoms with van der Waals surface area (Å²) in [5.74, 6) is -0.0810. The predicted octanol–water partition coefficient (Wildman–Crippen LogP) is 1.62.